The van der Waals surface area contributed by atoms with Crippen LogP contribution in [0.4, 0.5) is 10.1 Å². The molecule has 0 heterocycles. The molecule has 2 N–H and O–H groups in total. The van der Waals surface area contributed by atoms with Crippen molar-refractivity contribution in [3.05, 3.63) is 28.5 Å². The molecule has 0 spiro atoms. The van der Waals surface area contributed by atoms with Crippen molar-refractivity contribution in [1.82, 2.24) is 0 Å². The van der Waals surface area contributed by atoms with Gasteiger partial charge in [-0.3, -0.25) is 9.59 Å². The van der Waals surface area contributed by atoms with Gasteiger partial charge in [-0.2, -0.15) is 0 Å². The fourth-order valence-electron chi connectivity index (χ4n) is 1.26. The Hall–Kier alpha value is -1.43. The molecule has 18 heavy (non-hydrogen) atoms. The highest BCUT2D eigenvalue weighted by atomic mass is 79.9. The van der Waals surface area contributed by atoms with Gasteiger partial charge in [-0.25, -0.2) is 4.39 Å². The smallest absolute Gasteiger partial charge is 0.309 e. The predicted octanol–water partition coefficient (Wildman–Crippen LogP) is 3.03. The second-order valence-electron chi connectivity index (χ2n) is 4.54. The van der Waals surface area contributed by atoms with Gasteiger partial charge in [-0.1, -0.05) is 15.9 Å². The third kappa shape index (κ3) is 3.80. The lowest BCUT2D eigenvalue weighted by Gasteiger charge is -2.18. The first-order chi connectivity index (χ1) is 8.22. The third-order valence-corrected chi connectivity index (χ3v) is 2.88. The number of carbonyl (C=O) groups excluding carboxylic acids is 1. The Morgan fingerprint density at radius 3 is 2.56 bits per heavy atom. The van der Waals surface area contributed by atoms with Crippen molar-refractivity contribution in [2.24, 2.45) is 5.41 Å². The molecule has 1 aromatic carbocycles. The van der Waals surface area contributed by atoms with Gasteiger partial charge in [0.15, 0.2) is 0 Å². The van der Waals surface area contributed by atoms with Crippen LogP contribution in [-0.4, -0.2) is 17.0 Å². The first-order valence-electron chi connectivity index (χ1n) is 5.20. The molecule has 6 heteroatoms. The van der Waals surface area contributed by atoms with E-state index in [1.807, 2.05) is 0 Å². The summed E-state index contributed by atoms with van der Waals surface area (Å²) in [5.41, 5.74) is -1.15. The Labute approximate surface area is 112 Å². The Morgan fingerprint density at radius 1 is 1.44 bits per heavy atom. The topological polar surface area (TPSA) is 66.4 Å². The number of carboxylic acids is 1. The zero-order valence-corrected chi connectivity index (χ0v) is 11.5. The molecular formula is C12H13BrFNO3. The van der Waals surface area contributed by atoms with Gasteiger partial charge in [0, 0.05) is 10.9 Å². The quantitative estimate of drug-likeness (QED) is 0.897. The van der Waals surface area contributed by atoms with Crippen LogP contribution in [0.1, 0.15) is 20.3 Å². The maximum absolute atomic E-state index is 13.4. The highest BCUT2D eigenvalue weighted by Gasteiger charge is 2.30. The molecular weight excluding hydrogens is 305 g/mol. The van der Waals surface area contributed by atoms with Crippen molar-refractivity contribution in [3.63, 3.8) is 0 Å². The van der Waals surface area contributed by atoms with E-state index in [1.165, 1.54) is 26.0 Å². The molecule has 1 aromatic rings. The minimum Gasteiger partial charge on any atom is -0.481 e. The number of anilines is 1. The molecule has 0 saturated heterocycles. The molecule has 0 atom stereocenters. The number of amides is 1. The highest BCUT2D eigenvalue weighted by molar-refractivity contribution is 9.10. The summed E-state index contributed by atoms with van der Waals surface area (Å²) in [7, 11) is 0. The number of carbonyl (C=O) groups is 2. The van der Waals surface area contributed by atoms with Crippen LogP contribution >= 0.6 is 15.9 Å². The van der Waals surface area contributed by atoms with E-state index in [-0.39, 0.29) is 12.1 Å². The molecule has 0 saturated carbocycles. The lowest BCUT2D eigenvalue weighted by Crippen LogP contribution is -2.29. The molecule has 0 aliphatic carbocycles. The second kappa shape index (κ2) is 5.48. The number of aliphatic carboxylic acids is 1. The zero-order valence-electron chi connectivity index (χ0n) is 9.96. The molecule has 0 aliphatic rings. The van der Waals surface area contributed by atoms with Gasteiger partial charge >= 0.3 is 5.97 Å². The van der Waals surface area contributed by atoms with Crippen molar-refractivity contribution in [3.8, 4) is 0 Å². The van der Waals surface area contributed by atoms with Crippen molar-refractivity contribution in [2.75, 3.05) is 5.32 Å². The lowest BCUT2D eigenvalue weighted by molar-refractivity contribution is -0.148. The summed E-state index contributed by atoms with van der Waals surface area (Å²) in [5, 5.41) is 11.2. The summed E-state index contributed by atoms with van der Waals surface area (Å²) in [6, 6.07) is 4.21. The summed E-state index contributed by atoms with van der Waals surface area (Å²) in [5.74, 6) is -2.19. The molecule has 4 nitrogen and oxygen atoms in total. The molecule has 0 fully saturated rings. The van der Waals surface area contributed by atoms with Crippen LogP contribution in [-0.2, 0) is 9.59 Å². The minimum atomic E-state index is -1.18. The van der Waals surface area contributed by atoms with Crippen LogP contribution in [0.15, 0.2) is 22.7 Å². The number of benzene rings is 1. The second-order valence-corrected chi connectivity index (χ2v) is 5.45. The van der Waals surface area contributed by atoms with E-state index in [4.69, 9.17) is 5.11 Å². The van der Waals surface area contributed by atoms with Gasteiger partial charge in [0.05, 0.1) is 11.1 Å². The van der Waals surface area contributed by atoms with E-state index in [2.05, 4.69) is 21.2 Å². The number of halogens is 2. The van der Waals surface area contributed by atoms with Crippen LogP contribution in [0, 0.1) is 11.2 Å². The van der Waals surface area contributed by atoms with Crippen molar-refractivity contribution >= 4 is 33.5 Å². The van der Waals surface area contributed by atoms with Crippen molar-refractivity contribution < 1.29 is 19.1 Å². The Bertz CT molecular complexity index is 488. The summed E-state index contributed by atoms with van der Waals surface area (Å²) in [6.07, 6.45) is -0.224. The molecule has 0 aromatic heterocycles. The van der Waals surface area contributed by atoms with E-state index in [9.17, 15) is 14.0 Å². The normalized spacial score (nSPS) is 11.1. The van der Waals surface area contributed by atoms with Gasteiger partial charge < -0.3 is 10.4 Å². The largest absolute Gasteiger partial charge is 0.481 e. The van der Waals surface area contributed by atoms with E-state index < -0.39 is 23.1 Å². The maximum atomic E-state index is 13.4. The van der Waals surface area contributed by atoms with Crippen LogP contribution in [0.3, 0.4) is 0 Å². The SMILES string of the molecule is CC(C)(CC(=O)Nc1ccc(Br)cc1F)C(=O)O. The Kier molecular flexibility index (Phi) is 4.45. The van der Waals surface area contributed by atoms with E-state index in [0.29, 0.717) is 4.47 Å². The summed E-state index contributed by atoms with van der Waals surface area (Å²) in [4.78, 5) is 22.5. The molecule has 1 amide bonds. The molecule has 0 unspecified atom stereocenters. The van der Waals surface area contributed by atoms with Crippen molar-refractivity contribution in [2.45, 2.75) is 20.3 Å². The van der Waals surface area contributed by atoms with Gasteiger partial charge in [-0.05, 0) is 32.0 Å². The van der Waals surface area contributed by atoms with E-state index >= 15 is 0 Å². The maximum Gasteiger partial charge on any atom is 0.309 e. The van der Waals surface area contributed by atoms with Gasteiger partial charge in [-0.15, -0.1) is 0 Å². The fourth-order valence-corrected chi connectivity index (χ4v) is 1.60. The molecule has 1 rings (SSSR count). The summed E-state index contributed by atoms with van der Waals surface area (Å²) in [6.45, 7) is 2.87. The first-order valence-corrected chi connectivity index (χ1v) is 6.00. The third-order valence-electron chi connectivity index (χ3n) is 2.39. The number of nitrogens with one attached hydrogen (secondary N) is 1. The number of rotatable bonds is 4. The number of hydrogen-bond donors (Lipinski definition) is 2. The van der Waals surface area contributed by atoms with Crippen LogP contribution in [0.2, 0.25) is 0 Å². The summed E-state index contributed by atoms with van der Waals surface area (Å²) >= 11 is 3.10. The minimum absolute atomic E-state index is 0.0318. The summed E-state index contributed by atoms with van der Waals surface area (Å²) < 4.78 is 14.0. The Balaban J connectivity index is 2.74. The first kappa shape index (κ1) is 14.6. The van der Waals surface area contributed by atoms with Gasteiger partial charge in [0.2, 0.25) is 5.91 Å². The fraction of sp³-hybridized carbons (Fsp3) is 0.333. The van der Waals surface area contributed by atoms with Gasteiger partial charge in [0.1, 0.15) is 5.82 Å². The van der Waals surface area contributed by atoms with Crippen LogP contribution in [0.25, 0.3) is 0 Å². The van der Waals surface area contributed by atoms with E-state index in [1.54, 1.807) is 6.07 Å². The van der Waals surface area contributed by atoms with Crippen LogP contribution in [0.5, 0.6) is 0 Å². The Morgan fingerprint density at radius 2 is 2.06 bits per heavy atom. The number of hydrogen-bond acceptors (Lipinski definition) is 2. The number of carboxylic acid groups (broad SMARTS) is 1. The average Bonchev–Trinajstić information content (AvgIpc) is 2.21. The average molecular weight is 318 g/mol. The van der Waals surface area contributed by atoms with Crippen LogP contribution < -0.4 is 5.32 Å². The molecule has 0 radical (unpaired) electrons. The van der Waals surface area contributed by atoms with E-state index in [0.717, 1.165) is 0 Å². The predicted molar refractivity (Wildman–Crippen MR) is 68.8 cm³/mol. The molecule has 0 bridgehead atoms. The molecule has 98 valence electrons. The standard InChI is InChI=1S/C12H13BrFNO3/c1-12(2,11(17)18)6-10(16)15-9-4-3-7(13)5-8(9)14/h3-5H,6H2,1-2H3,(H,15,16)(H,17,18). The van der Waals surface area contributed by atoms with Gasteiger partial charge in [0.25, 0.3) is 0 Å². The monoisotopic (exact) mass is 317 g/mol. The molecule has 0 aliphatic heterocycles. The lowest BCUT2D eigenvalue weighted by atomic mass is 9.89. The zero-order chi connectivity index (χ0) is 13.9. The van der Waals surface area contributed by atoms with Crippen molar-refractivity contribution in [1.29, 1.82) is 0 Å². The highest BCUT2D eigenvalue weighted by Crippen LogP contribution is 2.23.